The highest BCUT2D eigenvalue weighted by atomic mass is 16.3. The molecule has 1 fully saturated rings. The molecule has 2 N–H and O–H groups in total. The Kier molecular flexibility index (Phi) is 3.46. The van der Waals surface area contributed by atoms with E-state index in [9.17, 15) is 9.59 Å². The molecule has 5 nitrogen and oxygen atoms in total. The first-order chi connectivity index (χ1) is 6.50. The van der Waals surface area contributed by atoms with Gasteiger partial charge in [-0.2, -0.15) is 0 Å². The van der Waals surface area contributed by atoms with Crippen LogP contribution in [-0.2, 0) is 9.59 Å². The summed E-state index contributed by atoms with van der Waals surface area (Å²) in [4.78, 5) is 24.1. The van der Waals surface area contributed by atoms with Gasteiger partial charge in [-0.05, 0) is 20.3 Å². The van der Waals surface area contributed by atoms with E-state index in [1.54, 1.807) is 13.8 Å². The maximum Gasteiger partial charge on any atom is 0.245 e. The third kappa shape index (κ3) is 2.70. The van der Waals surface area contributed by atoms with Gasteiger partial charge in [-0.25, -0.2) is 0 Å². The molecule has 0 spiro atoms. The van der Waals surface area contributed by atoms with Crippen LogP contribution in [0.1, 0.15) is 20.3 Å². The van der Waals surface area contributed by atoms with Crippen LogP contribution in [0.5, 0.6) is 0 Å². The fourth-order valence-electron chi connectivity index (χ4n) is 1.41. The van der Waals surface area contributed by atoms with E-state index in [-0.39, 0.29) is 18.4 Å². The molecule has 1 heterocycles. The minimum absolute atomic E-state index is 0.0785. The second kappa shape index (κ2) is 4.41. The lowest BCUT2D eigenvalue weighted by Crippen LogP contribution is -2.57. The number of carbonyl (C=O) groups excluding carboxylic acids is 2. The quantitative estimate of drug-likeness (QED) is 0.620. The fourth-order valence-corrected chi connectivity index (χ4v) is 1.41. The van der Waals surface area contributed by atoms with Crippen LogP contribution in [0.2, 0.25) is 0 Å². The van der Waals surface area contributed by atoms with E-state index in [1.807, 2.05) is 0 Å². The molecule has 1 rings (SSSR count). The fraction of sp³-hybridized carbons (Fsp3) is 0.778. The van der Waals surface area contributed by atoms with Crippen molar-refractivity contribution in [3.63, 3.8) is 0 Å². The van der Waals surface area contributed by atoms with Crippen molar-refractivity contribution in [3.05, 3.63) is 0 Å². The van der Waals surface area contributed by atoms with Crippen LogP contribution in [0.25, 0.3) is 0 Å². The van der Waals surface area contributed by atoms with Gasteiger partial charge < -0.3 is 15.3 Å². The molecule has 0 saturated carbocycles. The van der Waals surface area contributed by atoms with E-state index in [0.717, 1.165) is 0 Å². The Balaban J connectivity index is 2.49. The van der Waals surface area contributed by atoms with Crippen LogP contribution in [0.3, 0.4) is 0 Å². The smallest absolute Gasteiger partial charge is 0.245 e. The standard InChI is InChI=1S/C9H16N2O3/c1-6(12)3-4-11-5-8(13)10-7(2)9(11)14/h6-7,12H,3-5H2,1-2H3,(H,10,13). The van der Waals surface area contributed by atoms with Gasteiger partial charge in [0.2, 0.25) is 11.8 Å². The van der Waals surface area contributed by atoms with Gasteiger partial charge in [0.25, 0.3) is 0 Å². The second-order valence-corrected chi connectivity index (χ2v) is 3.69. The Hall–Kier alpha value is -1.10. The summed E-state index contributed by atoms with van der Waals surface area (Å²) < 4.78 is 0. The largest absolute Gasteiger partial charge is 0.393 e. The van der Waals surface area contributed by atoms with E-state index in [1.165, 1.54) is 4.90 Å². The molecular weight excluding hydrogens is 184 g/mol. The van der Waals surface area contributed by atoms with Gasteiger partial charge >= 0.3 is 0 Å². The number of aliphatic hydroxyl groups is 1. The monoisotopic (exact) mass is 200 g/mol. The Labute approximate surface area is 83.1 Å². The average Bonchev–Trinajstić information content (AvgIpc) is 2.08. The molecule has 0 aliphatic carbocycles. The first-order valence-electron chi connectivity index (χ1n) is 4.77. The minimum atomic E-state index is -0.442. The van der Waals surface area contributed by atoms with Gasteiger partial charge in [-0.1, -0.05) is 0 Å². The summed E-state index contributed by atoms with van der Waals surface area (Å²) in [6.45, 7) is 3.87. The Morgan fingerprint density at radius 2 is 2.29 bits per heavy atom. The molecule has 0 aromatic heterocycles. The SMILES string of the molecule is CC(O)CCN1CC(=O)NC(C)C1=O. The highest BCUT2D eigenvalue weighted by molar-refractivity contribution is 5.94. The lowest BCUT2D eigenvalue weighted by Gasteiger charge is -2.31. The zero-order chi connectivity index (χ0) is 10.7. The lowest BCUT2D eigenvalue weighted by molar-refractivity contribution is -0.144. The topological polar surface area (TPSA) is 69.6 Å². The summed E-state index contributed by atoms with van der Waals surface area (Å²) in [7, 11) is 0. The predicted octanol–water partition coefficient (Wildman–Crippen LogP) is -0.896. The van der Waals surface area contributed by atoms with Crippen molar-refractivity contribution in [1.82, 2.24) is 10.2 Å². The van der Waals surface area contributed by atoms with Crippen LogP contribution in [0.4, 0.5) is 0 Å². The molecule has 2 unspecified atom stereocenters. The van der Waals surface area contributed by atoms with E-state index < -0.39 is 12.1 Å². The first kappa shape index (κ1) is 11.0. The van der Waals surface area contributed by atoms with Gasteiger partial charge in [0.1, 0.15) is 6.04 Å². The van der Waals surface area contributed by atoms with Crippen LogP contribution in [0.15, 0.2) is 0 Å². The molecule has 1 saturated heterocycles. The highest BCUT2D eigenvalue weighted by Gasteiger charge is 2.28. The molecule has 0 radical (unpaired) electrons. The number of piperazine rings is 1. The van der Waals surface area contributed by atoms with Gasteiger partial charge in [-0.3, -0.25) is 9.59 Å². The zero-order valence-electron chi connectivity index (χ0n) is 8.49. The molecule has 2 amide bonds. The maximum atomic E-state index is 11.5. The number of aliphatic hydroxyl groups excluding tert-OH is 1. The summed E-state index contributed by atoms with van der Waals surface area (Å²) in [6, 6.07) is -0.440. The van der Waals surface area contributed by atoms with Gasteiger partial charge in [0.15, 0.2) is 0 Å². The van der Waals surface area contributed by atoms with E-state index >= 15 is 0 Å². The van der Waals surface area contributed by atoms with Crippen molar-refractivity contribution in [2.24, 2.45) is 0 Å². The lowest BCUT2D eigenvalue weighted by atomic mass is 10.2. The third-order valence-electron chi connectivity index (χ3n) is 2.21. The Morgan fingerprint density at radius 3 is 2.86 bits per heavy atom. The van der Waals surface area contributed by atoms with E-state index in [2.05, 4.69) is 5.32 Å². The number of carbonyl (C=O) groups is 2. The van der Waals surface area contributed by atoms with Gasteiger partial charge in [0, 0.05) is 6.54 Å². The van der Waals surface area contributed by atoms with Crippen molar-refractivity contribution in [1.29, 1.82) is 0 Å². The second-order valence-electron chi connectivity index (χ2n) is 3.69. The van der Waals surface area contributed by atoms with E-state index in [0.29, 0.717) is 13.0 Å². The van der Waals surface area contributed by atoms with Crippen molar-refractivity contribution < 1.29 is 14.7 Å². The molecule has 2 atom stereocenters. The molecule has 1 aliphatic heterocycles. The minimum Gasteiger partial charge on any atom is -0.393 e. The predicted molar refractivity (Wildman–Crippen MR) is 50.5 cm³/mol. The van der Waals surface area contributed by atoms with Gasteiger partial charge in [-0.15, -0.1) is 0 Å². The van der Waals surface area contributed by atoms with Crippen molar-refractivity contribution >= 4 is 11.8 Å². The molecular formula is C9H16N2O3. The summed E-state index contributed by atoms with van der Waals surface area (Å²) in [5, 5.41) is 11.6. The summed E-state index contributed by atoms with van der Waals surface area (Å²) in [6.07, 6.45) is 0.0641. The number of nitrogens with one attached hydrogen (secondary N) is 1. The van der Waals surface area contributed by atoms with Crippen molar-refractivity contribution in [3.8, 4) is 0 Å². The first-order valence-corrected chi connectivity index (χ1v) is 4.77. The highest BCUT2D eigenvalue weighted by Crippen LogP contribution is 2.04. The zero-order valence-corrected chi connectivity index (χ0v) is 8.49. The van der Waals surface area contributed by atoms with Crippen LogP contribution < -0.4 is 5.32 Å². The van der Waals surface area contributed by atoms with Crippen molar-refractivity contribution in [2.75, 3.05) is 13.1 Å². The number of amides is 2. The maximum absolute atomic E-state index is 11.5. The normalized spacial score (nSPS) is 24.8. The molecule has 1 aliphatic rings. The Morgan fingerprint density at radius 1 is 1.64 bits per heavy atom. The average molecular weight is 200 g/mol. The van der Waals surface area contributed by atoms with E-state index in [4.69, 9.17) is 5.11 Å². The molecule has 0 bridgehead atoms. The summed E-state index contributed by atoms with van der Waals surface area (Å²) in [5.41, 5.74) is 0. The number of nitrogens with zero attached hydrogens (tertiary/aromatic N) is 1. The number of hydrogen-bond acceptors (Lipinski definition) is 3. The summed E-state index contributed by atoms with van der Waals surface area (Å²) in [5.74, 6) is -0.215. The van der Waals surface area contributed by atoms with Crippen LogP contribution in [0, 0.1) is 0 Å². The summed E-state index contributed by atoms with van der Waals surface area (Å²) >= 11 is 0. The molecule has 0 aromatic carbocycles. The van der Waals surface area contributed by atoms with Crippen molar-refractivity contribution in [2.45, 2.75) is 32.4 Å². The third-order valence-corrected chi connectivity index (χ3v) is 2.21. The molecule has 14 heavy (non-hydrogen) atoms. The van der Waals surface area contributed by atoms with Crippen LogP contribution >= 0.6 is 0 Å². The Bertz CT molecular complexity index is 240. The molecule has 5 heteroatoms. The molecule has 80 valence electrons. The van der Waals surface area contributed by atoms with Crippen LogP contribution in [-0.4, -0.2) is 47.1 Å². The molecule has 0 aromatic rings. The van der Waals surface area contributed by atoms with Gasteiger partial charge in [0.05, 0.1) is 12.6 Å². The number of hydrogen-bond donors (Lipinski definition) is 2. The number of rotatable bonds is 3.